The van der Waals surface area contributed by atoms with Crippen LogP contribution in [0.5, 0.6) is 0 Å². The van der Waals surface area contributed by atoms with Crippen molar-refractivity contribution in [1.82, 2.24) is 14.8 Å². The molecule has 0 radical (unpaired) electrons. The zero-order chi connectivity index (χ0) is 17.1. The Hall–Kier alpha value is -3.16. The molecule has 0 fully saturated rings. The maximum Gasteiger partial charge on any atom is 0.314 e. The van der Waals surface area contributed by atoms with Crippen LogP contribution >= 0.6 is 0 Å². The Labute approximate surface area is 134 Å². The van der Waals surface area contributed by atoms with Gasteiger partial charge in [0.2, 0.25) is 5.89 Å². The number of hydrogen-bond donors (Lipinski definition) is 0. The number of Topliss-reactive ketones (excluding diaryl/α,β-unsaturated/α-hetero) is 1. The highest BCUT2D eigenvalue weighted by molar-refractivity contribution is 5.95. The number of benzene rings is 1. The van der Waals surface area contributed by atoms with Gasteiger partial charge in [0, 0.05) is 23.4 Å². The van der Waals surface area contributed by atoms with Gasteiger partial charge in [-0.3, -0.25) is 9.59 Å². The number of nitrogens with zero attached hydrogens (tertiary/aromatic N) is 3. The fourth-order valence-electron chi connectivity index (χ4n) is 2.08. The van der Waals surface area contributed by atoms with E-state index < -0.39 is 17.9 Å². The van der Waals surface area contributed by atoms with Crippen LogP contribution in [-0.2, 0) is 6.54 Å². The summed E-state index contributed by atoms with van der Waals surface area (Å²) in [5, 5.41) is 6.68. The zero-order valence-electron chi connectivity index (χ0n) is 12.2. The summed E-state index contributed by atoms with van der Waals surface area (Å²) in [7, 11) is 0. The molecule has 0 bridgehead atoms. The van der Waals surface area contributed by atoms with Crippen molar-refractivity contribution in [2.75, 3.05) is 0 Å². The van der Waals surface area contributed by atoms with Crippen LogP contribution in [0.25, 0.3) is 11.5 Å². The smallest absolute Gasteiger partial charge is 0.314 e. The number of halogens is 2. The van der Waals surface area contributed by atoms with E-state index >= 15 is 0 Å². The topological polar surface area (TPSA) is 78.0 Å². The van der Waals surface area contributed by atoms with Gasteiger partial charge in [0.1, 0.15) is 0 Å². The molecule has 0 aliphatic carbocycles. The van der Waals surface area contributed by atoms with E-state index in [1.807, 2.05) is 0 Å². The number of ketones is 1. The molecule has 0 spiro atoms. The summed E-state index contributed by atoms with van der Waals surface area (Å²) in [6, 6.07) is 11.2. The van der Waals surface area contributed by atoms with Crippen LogP contribution in [0, 0.1) is 0 Å². The molecule has 0 amide bonds. The molecule has 0 atom stereocenters. The van der Waals surface area contributed by atoms with E-state index in [2.05, 4.69) is 10.2 Å². The molecule has 24 heavy (non-hydrogen) atoms. The number of alkyl halides is 2. The number of pyridine rings is 1. The highest BCUT2D eigenvalue weighted by atomic mass is 19.3. The molecule has 3 rings (SSSR count). The molecular weight excluding hydrogens is 320 g/mol. The van der Waals surface area contributed by atoms with E-state index in [4.69, 9.17) is 4.42 Å². The molecular formula is C16H11F2N3O3. The molecule has 0 aliphatic rings. The van der Waals surface area contributed by atoms with Crippen molar-refractivity contribution in [1.29, 1.82) is 0 Å². The average Bonchev–Trinajstić information content (AvgIpc) is 3.08. The summed E-state index contributed by atoms with van der Waals surface area (Å²) < 4.78 is 30.9. The molecule has 3 aromatic rings. The van der Waals surface area contributed by atoms with Crippen LogP contribution < -0.4 is 5.56 Å². The normalized spacial score (nSPS) is 11.0. The van der Waals surface area contributed by atoms with E-state index in [0.29, 0.717) is 5.56 Å². The minimum Gasteiger partial charge on any atom is -0.415 e. The van der Waals surface area contributed by atoms with E-state index in [0.717, 1.165) is 6.07 Å². The van der Waals surface area contributed by atoms with Gasteiger partial charge in [-0.1, -0.05) is 30.3 Å². The second-order valence-corrected chi connectivity index (χ2v) is 4.92. The standard InChI is InChI=1S/C16H11F2N3O3/c17-14(18)16-20-19-15(24-16)11-6-7-21(13(23)8-11)9-12(22)10-4-2-1-3-5-10/h1-8,14H,9H2. The summed E-state index contributed by atoms with van der Waals surface area (Å²) in [6.45, 7) is -0.130. The quantitative estimate of drug-likeness (QED) is 0.672. The van der Waals surface area contributed by atoms with Gasteiger partial charge in [0.15, 0.2) is 5.78 Å². The van der Waals surface area contributed by atoms with Crippen LogP contribution in [0.2, 0.25) is 0 Å². The molecule has 8 heteroatoms. The lowest BCUT2D eigenvalue weighted by molar-refractivity contribution is 0.0970. The van der Waals surface area contributed by atoms with Gasteiger partial charge in [0.25, 0.3) is 11.4 Å². The van der Waals surface area contributed by atoms with Gasteiger partial charge in [0.05, 0.1) is 6.54 Å². The molecule has 0 aliphatic heterocycles. The molecule has 0 unspecified atom stereocenters. The van der Waals surface area contributed by atoms with Crippen molar-refractivity contribution >= 4 is 5.78 Å². The summed E-state index contributed by atoms with van der Waals surface area (Å²) >= 11 is 0. The average molecular weight is 331 g/mol. The third kappa shape index (κ3) is 3.27. The van der Waals surface area contributed by atoms with Crippen molar-refractivity contribution in [3.05, 3.63) is 70.5 Å². The highest BCUT2D eigenvalue weighted by Gasteiger charge is 2.17. The van der Waals surface area contributed by atoms with Gasteiger partial charge in [-0.15, -0.1) is 10.2 Å². The third-order valence-corrected chi connectivity index (χ3v) is 3.28. The van der Waals surface area contributed by atoms with E-state index in [9.17, 15) is 18.4 Å². The maximum absolute atomic E-state index is 12.4. The van der Waals surface area contributed by atoms with Crippen LogP contribution in [0.4, 0.5) is 8.78 Å². The highest BCUT2D eigenvalue weighted by Crippen LogP contribution is 2.22. The van der Waals surface area contributed by atoms with Gasteiger partial charge in [-0.05, 0) is 6.07 Å². The monoisotopic (exact) mass is 331 g/mol. The Bertz CT molecular complexity index is 920. The number of carbonyl (C=O) groups is 1. The van der Waals surface area contributed by atoms with Crippen molar-refractivity contribution in [2.24, 2.45) is 0 Å². The van der Waals surface area contributed by atoms with Crippen LogP contribution in [0.3, 0.4) is 0 Å². The summed E-state index contributed by atoms with van der Waals surface area (Å²) in [5.74, 6) is -1.21. The van der Waals surface area contributed by atoms with Gasteiger partial charge < -0.3 is 8.98 Å². The SMILES string of the molecule is O=C(Cn1ccc(-c2nnc(C(F)F)o2)cc1=O)c1ccccc1. The van der Waals surface area contributed by atoms with Gasteiger partial charge in [-0.2, -0.15) is 8.78 Å². The van der Waals surface area contributed by atoms with Crippen molar-refractivity contribution in [3.8, 4) is 11.5 Å². The Morgan fingerprint density at radius 3 is 2.54 bits per heavy atom. The molecule has 122 valence electrons. The molecule has 6 nitrogen and oxygen atoms in total. The summed E-state index contributed by atoms with van der Waals surface area (Å²) in [4.78, 5) is 24.2. The van der Waals surface area contributed by atoms with Crippen LogP contribution in [0.1, 0.15) is 22.7 Å². The van der Waals surface area contributed by atoms with E-state index in [1.165, 1.54) is 16.8 Å². The minimum atomic E-state index is -2.88. The second kappa shape index (κ2) is 6.53. The number of carbonyl (C=O) groups excluding carboxylic acids is 1. The maximum atomic E-state index is 12.4. The number of hydrogen-bond acceptors (Lipinski definition) is 5. The Kier molecular flexibility index (Phi) is 4.28. The molecule has 0 saturated carbocycles. The fraction of sp³-hybridized carbons (Fsp3) is 0.125. The third-order valence-electron chi connectivity index (χ3n) is 3.28. The first-order valence-electron chi connectivity index (χ1n) is 6.95. The Balaban J connectivity index is 1.82. The zero-order valence-corrected chi connectivity index (χ0v) is 12.2. The molecule has 1 aromatic carbocycles. The summed E-state index contributed by atoms with van der Waals surface area (Å²) in [5.41, 5.74) is 0.225. The number of rotatable bonds is 5. The largest absolute Gasteiger partial charge is 0.415 e. The van der Waals surface area contributed by atoms with Crippen molar-refractivity contribution in [3.63, 3.8) is 0 Å². The van der Waals surface area contributed by atoms with Crippen molar-refractivity contribution < 1.29 is 18.0 Å². The summed E-state index contributed by atoms with van der Waals surface area (Å²) in [6.07, 6.45) is -1.50. The molecule has 0 saturated heterocycles. The Morgan fingerprint density at radius 1 is 1.17 bits per heavy atom. The lowest BCUT2D eigenvalue weighted by atomic mass is 10.1. The Morgan fingerprint density at radius 2 is 1.92 bits per heavy atom. The van der Waals surface area contributed by atoms with Gasteiger partial charge >= 0.3 is 6.43 Å². The van der Waals surface area contributed by atoms with Crippen LogP contribution in [0.15, 0.2) is 57.9 Å². The predicted molar refractivity (Wildman–Crippen MR) is 79.7 cm³/mol. The number of aromatic nitrogens is 3. The molecule has 2 aromatic heterocycles. The molecule has 0 N–H and O–H groups in total. The second-order valence-electron chi connectivity index (χ2n) is 4.92. The van der Waals surface area contributed by atoms with Gasteiger partial charge in [-0.25, -0.2) is 0 Å². The first kappa shape index (κ1) is 15.7. The van der Waals surface area contributed by atoms with E-state index in [1.54, 1.807) is 30.3 Å². The molecule has 2 heterocycles. The minimum absolute atomic E-state index is 0.130. The predicted octanol–water partition coefficient (Wildman–Crippen LogP) is 2.72. The first-order chi connectivity index (χ1) is 11.5. The first-order valence-corrected chi connectivity index (χ1v) is 6.95. The lowest BCUT2D eigenvalue weighted by Gasteiger charge is -2.05. The van der Waals surface area contributed by atoms with Crippen LogP contribution in [-0.4, -0.2) is 20.5 Å². The van der Waals surface area contributed by atoms with Crippen molar-refractivity contribution in [2.45, 2.75) is 13.0 Å². The lowest BCUT2D eigenvalue weighted by Crippen LogP contribution is -2.23. The fourth-order valence-corrected chi connectivity index (χ4v) is 2.08. The van der Waals surface area contributed by atoms with E-state index in [-0.39, 0.29) is 23.8 Å².